The molecule has 1 saturated heterocycles. The van der Waals surface area contributed by atoms with Crippen molar-refractivity contribution in [3.8, 4) is 0 Å². The van der Waals surface area contributed by atoms with Crippen LogP contribution in [0.4, 0.5) is 17.6 Å². The summed E-state index contributed by atoms with van der Waals surface area (Å²) in [4.78, 5) is 13.6. The molecule has 1 N–H and O–H groups in total. The number of halogens is 4. The van der Waals surface area contributed by atoms with Crippen LogP contribution in [-0.4, -0.2) is 41.6 Å². The van der Waals surface area contributed by atoms with Gasteiger partial charge in [-0.1, -0.05) is 30.3 Å². The van der Waals surface area contributed by atoms with E-state index >= 15 is 0 Å². The van der Waals surface area contributed by atoms with Gasteiger partial charge in [0.1, 0.15) is 11.9 Å². The minimum absolute atomic E-state index is 0.0317. The van der Waals surface area contributed by atoms with Gasteiger partial charge in [0.2, 0.25) is 0 Å². The molecule has 6 nitrogen and oxygen atoms in total. The van der Waals surface area contributed by atoms with E-state index in [-0.39, 0.29) is 43.6 Å². The van der Waals surface area contributed by atoms with Crippen molar-refractivity contribution in [2.45, 2.75) is 94.7 Å². The molecule has 3 aliphatic rings. The first kappa shape index (κ1) is 27.1. The van der Waals surface area contributed by atoms with Crippen molar-refractivity contribution in [3.63, 3.8) is 0 Å². The molecule has 5 rings (SSSR count). The van der Waals surface area contributed by atoms with Crippen molar-refractivity contribution in [2.24, 2.45) is 0 Å². The van der Waals surface area contributed by atoms with Crippen molar-refractivity contribution in [2.75, 3.05) is 0 Å². The Kier molecular flexibility index (Phi) is 7.28. The Morgan fingerprint density at radius 3 is 2.53 bits per heavy atom. The van der Waals surface area contributed by atoms with Gasteiger partial charge in [0.15, 0.2) is 11.4 Å². The average Bonchev–Trinajstić information content (AvgIpc) is 3.61. The number of hydrogen-bond donors (Lipinski definition) is 1. The predicted molar refractivity (Wildman–Crippen MR) is 128 cm³/mol. The van der Waals surface area contributed by atoms with Crippen LogP contribution < -0.4 is 5.32 Å². The number of carbonyl (C=O) groups excluding carboxylic acids is 1. The molecule has 2 aliphatic carbocycles. The summed E-state index contributed by atoms with van der Waals surface area (Å²) in [6.07, 6.45) is -4.39. The molecule has 0 unspecified atom stereocenters. The van der Waals surface area contributed by atoms with Crippen LogP contribution in [0.15, 0.2) is 48.5 Å². The lowest BCUT2D eigenvalue weighted by Crippen LogP contribution is -2.60. The van der Waals surface area contributed by atoms with E-state index < -0.39 is 47.3 Å². The molecule has 0 spiro atoms. The lowest BCUT2D eigenvalue weighted by atomic mass is 9.78. The van der Waals surface area contributed by atoms with Crippen LogP contribution >= 0.6 is 0 Å². The number of benzene rings is 2. The van der Waals surface area contributed by atoms with Crippen molar-refractivity contribution in [1.82, 2.24) is 5.32 Å². The molecule has 0 bridgehead atoms. The number of rotatable bonds is 8. The van der Waals surface area contributed by atoms with E-state index in [1.165, 1.54) is 18.2 Å². The largest absolute Gasteiger partial charge is 0.416 e. The molecule has 0 aromatic heterocycles. The van der Waals surface area contributed by atoms with Gasteiger partial charge >= 0.3 is 6.18 Å². The zero-order chi connectivity index (χ0) is 27.1. The number of ether oxygens (including phenoxy) is 4. The van der Waals surface area contributed by atoms with Gasteiger partial charge in [-0.25, -0.2) is 4.39 Å². The second kappa shape index (κ2) is 10.2. The quantitative estimate of drug-likeness (QED) is 0.465. The molecular formula is C28H31F4NO5. The van der Waals surface area contributed by atoms with E-state index in [9.17, 15) is 22.4 Å². The molecule has 1 amide bonds. The Hall–Kier alpha value is -2.53. The highest BCUT2D eigenvalue weighted by atomic mass is 19.4. The highest BCUT2D eigenvalue weighted by Gasteiger charge is 2.58. The van der Waals surface area contributed by atoms with Crippen molar-refractivity contribution in [3.05, 3.63) is 71.0 Å². The van der Waals surface area contributed by atoms with Crippen LogP contribution in [-0.2, 0) is 43.1 Å². The van der Waals surface area contributed by atoms with Gasteiger partial charge < -0.3 is 24.3 Å². The number of carbonyl (C=O) groups is 1. The maximum atomic E-state index is 14.3. The van der Waals surface area contributed by atoms with Crippen LogP contribution in [0.25, 0.3) is 0 Å². The highest BCUT2D eigenvalue weighted by molar-refractivity contribution is 5.86. The molecule has 10 heteroatoms. The summed E-state index contributed by atoms with van der Waals surface area (Å²) in [5.41, 5.74) is -1.60. The zero-order valence-corrected chi connectivity index (χ0v) is 21.2. The maximum Gasteiger partial charge on any atom is 0.416 e. The topological polar surface area (TPSA) is 66.0 Å². The van der Waals surface area contributed by atoms with Crippen molar-refractivity contribution >= 4 is 5.91 Å². The smallest absolute Gasteiger partial charge is 0.370 e. The summed E-state index contributed by atoms with van der Waals surface area (Å²) in [6, 6.07) is 11.1. The fourth-order valence-corrected chi connectivity index (χ4v) is 5.12. The Balaban J connectivity index is 1.41. The Bertz CT molecular complexity index is 1170. The van der Waals surface area contributed by atoms with Gasteiger partial charge in [0.25, 0.3) is 5.91 Å². The minimum Gasteiger partial charge on any atom is -0.370 e. The third-order valence-electron chi connectivity index (χ3n) is 7.16. The van der Waals surface area contributed by atoms with Crippen LogP contribution in [0, 0.1) is 5.82 Å². The summed E-state index contributed by atoms with van der Waals surface area (Å²) in [5.74, 6) is -1.72. The molecule has 2 saturated carbocycles. The second-order valence-corrected chi connectivity index (χ2v) is 10.7. The highest BCUT2D eigenvalue weighted by Crippen LogP contribution is 2.45. The number of amides is 1. The Morgan fingerprint density at radius 2 is 1.82 bits per heavy atom. The third-order valence-corrected chi connectivity index (χ3v) is 7.16. The van der Waals surface area contributed by atoms with Crippen molar-refractivity contribution in [1.29, 1.82) is 0 Å². The first-order valence-electron chi connectivity index (χ1n) is 12.8. The lowest BCUT2D eigenvalue weighted by Gasteiger charge is -2.43. The monoisotopic (exact) mass is 537 g/mol. The standard InChI is InChI=1S/C28H31F4NO5/c1-26(2)37-23-14-27(25(34)33-20-10-11-20,36-15-17-6-5-8-19(12-17)28(30,31)32)13-22(24(23)38-26)35-16-18-7-3-4-9-21(18)29/h3-9,12,20,22-24H,10-11,13-16H2,1-2H3,(H,33,34)/t22-,23+,24-,27+/m0/s1. The summed E-state index contributed by atoms with van der Waals surface area (Å²) in [7, 11) is 0. The number of alkyl halides is 3. The van der Waals surface area contributed by atoms with Gasteiger partial charge in [-0.3, -0.25) is 4.79 Å². The van der Waals surface area contributed by atoms with E-state index in [2.05, 4.69) is 5.32 Å². The van der Waals surface area contributed by atoms with E-state index in [1.807, 2.05) is 0 Å². The van der Waals surface area contributed by atoms with E-state index in [0.717, 1.165) is 25.0 Å². The van der Waals surface area contributed by atoms with E-state index in [1.54, 1.807) is 32.0 Å². The summed E-state index contributed by atoms with van der Waals surface area (Å²) < 4.78 is 78.7. The average molecular weight is 538 g/mol. The van der Waals surface area contributed by atoms with Gasteiger partial charge in [-0.2, -0.15) is 13.2 Å². The first-order valence-corrected chi connectivity index (χ1v) is 12.8. The number of nitrogens with one attached hydrogen (secondary N) is 1. The molecule has 1 aliphatic heterocycles. The molecular weight excluding hydrogens is 506 g/mol. The number of fused-ring (bicyclic) bond motifs is 1. The SMILES string of the molecule is CC1(C)O[C@H]2[C@@H](OCc3ccccc3F)C[C@](OCc3cccc(C(F)(F)F)c3)(C(=O)NC3CC3)C[C@H]2O1. The molecule has 2 aromatic carbocycles. The summed E-state index contributed by atoms with van der Waals surface area (Å²) in [5, 5.41) is 2.98. The molecule has 2 aromatic rings. The van der Waals surface area contributed by atoms with Gasteiger partial charge in [0.05, 0.1) is 31.0 Å². The molecule has 206 valence electrons. The normalized spacial score (nSPS) is 28.6. The third kappa shape index (κ3) is 6.03. The minimum atomic E-state index is -4.50. The maximum absolute atomic E-state index is 14.3. The van der Waals surface area contributed by atoms with Gasteiger partial charge in [0, 0.05) is 24.4 Å². The molecule has 38 heavy (non-hydrogen) atoms. The van der Waals surface area contributed by atoms with Gasteiger partial charge in [-0.05, 0) is 50.5 Å². The van der Waals surface area contributed by atoms with Crippen LogP contribution in [0.5, 0.6) is 0 Å². The summed E-state index contributed by atoms with van der Waals surface area (Å²) >= 11 is 0. The van der Waals surface area contributed by atoms with Crippen LogP contribution in [0.2, 0.25) is 0 Å². The molecule has 3 fully saturated rings. The summed E-state index contributed by atoms with van der Waals surface area (Å²) in [6.45, 7) is 3.24. The fourth-order valence-electron chi connectivity index (χ4n) is 5.12. The van der Waals surface area contributed by atoms with Crippen molar-refractivity contribution < 1.29 is 41.3 Å². The fraction of sp³-hybridized carbons (Fsp3) is 0.536. The lowest BCUT2D eigenvalue weighted by molar-refractivity contribution is -0.183. The van der Waals surface area contributed by atoms with E-state index in [0.29, 0.717) is 5.56 Å². The predicted octanol–water partition coefficient (Wildman–Crippen LogP) is 5.28. The Morgan fingerprint density at radius 1 is 1.05 bits per heavy atom. The zero-order valence-electron chi connectivity index (χ0n) is 21.2. The number of hydrogen-bond acceptors (Lipinski definition) is 5. The first-order chi connectivity index (χ1) is 17.9. The molecule has 4 atom stereocenters. The van der Waals surface area contributed by atoms with Crippen LogP contribution in [0.1, 0.15) is 56.2 Å². The van der Waals surface area contributed by atoms with Gasteiger partial charge in [-0.15, -0.1) is 0 Å². The second-order valence-electron chi connectivity index (χ2n) is 10.7. The molecule has 0 radical (unpaired) electrons. The Labute approximate surface area is 218 Å². The van der Waals surface area contributed by atoms with Crippen LogP contribution in [0.3, 0.4) is 0 Å². The molecule has 1 heterocycles. The van der Waals surface area contributed by atoms with E-state index in [4.69, 9.17) is 18.9 Å².